The molecule has 0 saturated heterocycles. The molecule has 3 N–H and O–H groups in total. The second-order valence-electron chi connectivity index (χ2n) is 4.06. The van der Waals surface area contributed by atoms with Gasteiger partial charge in [0.1, 0.15) is 0 Å². The molecule has 0 fully saturated rings. The van der Waals surface area contributed by atoms with Crippen molar-refractivity contribution in [1.82, 2.24) is 5.32 Å². The SMILES string of the molecule is CC(NC(=O)C(N)C(C)C)c1ccsc1. The third-order valence-electron chi connectivity index (χ3n) is 2.42. The van der Waals surface area contributed by atoms with Gasteiger partial charge in [-0.25, -0.2) is 0 Å². The Morgan fingerprint density at radius 3 is 2.60 bits per heavy atom. The summed E-state index contributed by atoms with van der Waals surface area (Å²) < 4.78 is 0. The molecule has 0 aromatic carbocycles. The first kappa shape index (κ1) is 12.2. The highest BCUT2D eigenvalue weighted by Gasteiger charge is 2.19. The number of nitrogens with two attached hydrogens (primary N) is 1. The second kappa shape index (κ2) is 5.28. The number of carbonyl (C=O) groups excluding carboxylic acids is 1. The fourth-order valence-electron chi connectivity index (χ4n) is 1.22. The van der Waals surface area contributed by atoms with Crippen molar-refractivity contribution in [3.63, 3.8) is 0 Å². The van der Waals surface area contributed by atoms with Crippen molar-refractivity contribution in [3.8, 4) is 0 Å². The molecule has 84 valence electrons. The molecule has 1 aromatic heterocycles. The predicted molar refractivity (Wildman–Crippen MR) is 63.7 cm³/mol. The summed E-state index contributed by atoms with van der Waals surface area (Å²) in [5.41, 5.74) is 6.88. The lowest BCUT2D eigenvalue weighted by atomic mass is 10.0. The lowest BCUT2D eigenvalue weighted by Crippen LogP contribution is -2.44. The smallest absolute Gasteiger partial charge is 0.237 e. The number of hydrogen-bond donors (Lipinski definition) is 2. The van der Waals surface area contributed by atoms with Gasteiger partial charge >= 0.3 is 0 Å². The molecule has 0 aliphatic rings. The van der Waals surface area contributed by atoms with E-state index in [9.17, 15) is 4.79 Å². The molecular weight excluding hydrogens is 208 g/mol. The number of amides is 1. The third kappa shape index (κ3) is 3.32. The molecule has 0 spiro atoms. The molecule has 1 heterocycles. The largest absolute Gasteiger partial charge is 0.348 e. The minimum absolute atomic E-state index is 0.0357. The Hall–Kier alpha value is -0.870. The Balaban J connectivity index is 2.52. The Labute approximate surface area is 94.7 Å². The van der Waals surface area contributed by atoms with Crippen molar-refractivity contribution >= 4 is 17.2 Å². The lowest BCUT2D eigenvalue weighted by Gasteiger charge is -2.19. The molecule has 0 aliphatic heterocycles. The van der Waals surface area contributed by atoms with Gasteiger partial charge < -0.3 is 11.1 Å². The van der Waals surface area contributed by atoms with Gasteiger partial charge in [0.05, 0.1) is 12.1 Å². The number of carbonyl (C=O) groups is 1. The van der Waals surface area contributed by atoms with Crippen molar-refractivity contribution in [2.45, 2.75) is 32.9 Å². The van der Waals surface area contributed by atoms with Gasteiger partial charge in [0.25, 0.3) is 0 Å². The lowest BCUT2D eigenvalue weighted by molar-refractivity contribution is -0.123. The summed E-state index contributed by atoms with van der Waals surface area (Å²) in [5.74, 6) is 0.0865. The fourth-order valence-corrected chi connectivity index (χ4v) is 1.97. The van der Waals surface area contributed by atoms with Crippen molar-refractivity contribution in [3.05, 3.63) is 22.4 Å². The van der Waals surface area contributed by atoms with E-state index in [1.807, 2.05) is 37.6 Å². The van der Waals surface area contributed by atoms with E-state index in [1.54, 1.807) is 11.3 Å². The van der Waals surface area contributed by atoms with Gasteiger partial charge in [-0.1, -0.05) is 13.8 Å². The van der Waals surface area contributed by atoms with E-state index in [1.165, 1.54) is 0 Å². The molecule has 15 heavy (non-hydrogen) atoms. The van der Waals surface area contributed by atoms with Crippen LogP contribution in [0.4, 0.5) is 0 Å². The highest BCUT2D eigenvalue weighted by molar-refractivity contribution is 7.07. The van der Waals surface area contributed by atoms with Crippen LogP contribution in [0, 0.1) is 5.92 Å². The van der Waals surface area contributed by atoms with E-state index in [2.05, 4.69) is 5.32 Å². The number of thiophene rings is 1. The molecular formula is C11H18N2OS. The first-order valence-electron chi connectivity index (χ1n) is 5.10. The second-order valence-corrected chi connectivity index (χ2v) is 4.84. The maximum absolute atomic E-state index is 11.7. The summed E-state index contributed by atoms with van der Waals surface area (Å²) in [6, 6.07) is 1.62. The van der Waals surface area contributed by atoms with Gasteiger partial charge in [-0.05, 0) is 35.2 Å². The van der Waals surface area contributed by atoms with Crippen LogP contribution in [0.3, 0.4) is 0 Å². The first-order chi connectivity index (χ1) is 7.02. The summed E-state index contributed by atoms with van der Waals surface area (Å²) in [7, 11) is 0. The minimum Gasteiger partial charge on any atom is -0.348 e. The number of hydrogen-bond acceptors (Lipinski definition) is 3. The third-order valence-corrected chi connectivity index (χ3v) is 3.12. The Kier molecular flexibility index (Phi) is 4.29. The van der Waals surface area contributed by atoms with Crippen molar-refractivity contribution in [1.29, 1.82) is 0 Å². The van der Waals surface area contributed by atoms with E-state index >= 15 is 0 Å². The summed E-state index contributed by atoms with van der Waals surface area (Å²) in [5, 5.41) is 6.94. The maximum atomic E-state index is 11.7. The van der Waals surface area contributed by atoms with Gasteiger partial charge in [-0.15, -0.1) is 0 Å². The molecule has 2 unspecified atom stereocenters. The standard InChI is InChI=1S/C11H18N2OS/c1-7(2)10(12)11(14)13-8(3)9-4-5-15-6-9/h4-8,10H,12H2,1-3H3,(H,13,14). The zero-order valence-electron chi connectivity index (χ0n) is 9.36. The van der Waals surface area contributed by atoms with E-state index in [-0.39, 0.29) is 17.9 Å². The normalized spacial score (nSPS) is 15.0. The fraction of sp³-hybridized carbons (Fsp3) is 0.545. The average Bonchev–Trinajstić information content (AvgIpc) is 2.68. The number of nitrogens with one attached hydrogen (secondary N) is 1. The van der Waals surface area contributed by atoms with Crippen LogP contribution >= 0.6 is 11.3 Å². The van der Waals surface area contributed by atoms with Crippen LogP contribution < -0.4 is 11.1 Å². The molecule has 4 heteroatoms. The van der Waals surface area contributed by atoms with Crippen LogP contribution in [0.2, 0.25) is 0 Å². The molecule has 1 amide bonds. The van der Waals surface area contributed by atoms with Gasteiger partial charge in [0.15, 0.2) is 0 Å². The van der Waals surface area contributed by atoms with Gasteiger partial charge in [-0.2, -0.15) is 11.3 Å². The highest BCUT2D eigenvalue weighted by atomic mass is 32.1. The van der Waals surface area contributed by atoms with Crippen LogP contribution in [0.15, 0.2) is 16.8 Å². The van der Waals surface area contributed by atoms with E-state index in [0.717, 1.165) is 5.56 Å². The molecule has 0 bridgehead atoms. The molecule has 3 nitrogen and oxygen atoms in total. The predicted octanol–water partition coefficient (Wildman–Crippen LogP) is 1.91. The Bertz CT molecular complexity index is 308. The van der Waals surface area contributed by atoms with Crippen molar-refractivity contribution in [2.75, 3.05) is 0 Å². The topological polar surface area (TPSA) is 55.1 Å². The highest BCUT2D eigenvalue weighted by Crippen LogP contribution is 2.15. The Morgan fingerprint density at radius 1 is 1.47 bits per heavy atom. The molecule has 0 saturated carbocycles. The zero-order valence-corrected chi connectivity index (χ0v) is 10.2. The monoisotopic (exact) mass is 226 g/mol. The molecule has 1 aromatic rings. The maximum Gasteiger partial charge on any atom is 0.237 e. The molecule has 1 rings (SSSR count). The van der Waals surface area contributed by atoms with E-state index < -0.39 is 6.04 Å². The van der Waals surface area contributed by atoms with Crippen LogP contribution in [-0.4, -0.2) is 11.9 Å². The van der Waals surface area contributed by atoms with Gasteiger partial charge in [0.2, 0.25) is 5.91 Å². The number of rotatable bonds is 4. The Morgan fingerprint density at radius 2 is 2.13 bits per heavy atom. The summed E-state index contributed by atoms with van der Waals surface area (Å²) in [4.78, 5) is 11.7. The van der Waals surface area contributed by atoms with E-state index in [4.69, 9.17) is 5.73 Å². The van der Waals surface area contributed by atoms with Crippen molar-refractivity contribution < 1.29 is 4.79 Å². The average molecular weight is 226 g/mol. The molecule has 0 aliphatic carbocycles. The minimum atomic E-state index is -0.425. The van der Waals surface area contributed by atoms with Crippen LogP contribution in [-0.2, 0) is 4.79 Å². The van der Waals surface area contributed by atoms with Gasteiger partial charge in [-0.3, -0.25) is 4.79 Å². The molecule has 0 radical (unpaired) electrons. The van der Waals surface area contributed by atoms with Crippen LogP contribution in [0.5, 0.6) is 0 Å². The van der Waals surface area contributed by atoms with Crippen LogP contribution in [0.1, 0.15) is 32.4 Å². The quantitative estimate of drug-likeness (QED) is 0.824. The van der Waals surface area contributed by atoms with E-state index in [0.29, 0.717) is 0 Å². The summed E-state index contributed by atoms with van der Waals surface area (Å²) >= 11 is 1.63. The van der Waals surface area contributed by atoms with Gasteiger partial charge in [0, 0.05) is 0 Å². The summed E-state index contributed by atoms with van der Waals surface area (Å²) in [6.07, 6.45) is 0. The first-order valence-corrected chi connectivity index (χ1v) is 6.04. The molecule has 2 atom stereocenters. The zero-order chi connectivity index (χ0) is 11.4. The van der Waals surface area contributed by atoms with Crippen LogP contribution in [0.25, 0.3) is 0 Å². The van der Waals surface area contributed by atoms with Crippen molar-refractivity contribution in [2.24, 2.45) is 11.7 Å². The summed E-state index contributed by atoms with van der Waals surface area (Å²) in [6.45, 7) is 5.85.